The van der Waals surface area contributed by atoms with Gasteiger partial charge in [-0.1, -0.05) is 18.2 Å². The van der Waals surface area contributed by atoms with Crippen LogP contribution in [0.15, 0.2) is 60.9 Å². The van der Waals surface area contributed by atoms with Crippen molar-refractivity contribution in [1.82, 2.24) is 20.1 Å². The van der Waals surface area contributed by atoms with Crippen molar-refractivity contribution in [2.45, 2.75) is 13.5 Å². The summed E-state index contributed by atoms with van der Waals surface area (Å²) in [6.07, 6.45) is 1.63. The Morgan fingerprint density at radius 3 is 2.23 bits per heavy atom. The number of hydrogen-bond acceptors (Lipinski definition) is 4. The number of amides is 2. The summed E-state index contributed by atoms with van der Waals surface area (Å²) in [4.78, 5) is 24.4. The van der Waals surface area contributed by atoms with Gasteiger partial charge in [0.1, 0.15) is 12.2 Å². The summed E-state index contributed by atoms with van der Waals surface area (Å²) in [5, 5.41) is 13.3. The second-order valence-corrected chi connectivity index (χ2v) is 5.72. The van der Waals surface area contributed by atoms with Gasteiger partial charge in [0.2, 0.25) is 0 Å². The molecule has 0 saturated heterocycles. The fourth-order valence-electron chi connectivity index (χ4n) is 2.42. The monoisotopic (exact) mass is 349 g/mol. The fourth-order valence-corrected chi connectivity index (χ4v) is 2.42. The number of aromatic nitrogens is 3. The topological polar surface area (TPSA) is 88.9 Å². The van der Waals surface area contributed by atoms with E-state index in [4.69, 9.17) is 0 Å². The van der Waals surface area contributed by atoms with E-state index in [0.29, 0.717) is 24.2 Å². The first-order valence-electron chi connectivity index (χ1n) is 8.22. The van der Waals surface area contributed by atoms with E-state index in [0.717, 1.165) is 11.5 Å². The van der Waals surface area contributed by atoms with E-state index in [1.165, 1.54) is 0 Å². The van der Waals surface area contributed by atoms with Crippen LogP contribution in [-0.2, 0) is 6.54 Å². The number of hydrogen-bond donors (Lipinski definition) is 2. The molecule has 0 aliphatic heterocycles. The lowest BCUT2D eigenvalue weighted by atomic mass is 10.1. The first-order chi connectivity index (χ1) is 12.6. The van der Waals surface area contributed by atoms with Crippen molar-refractivity contribution < 1.29 is 9.59 Å². The number of nitrogens with zero attached hydrogens (tertiary/aromatic N) is 3. The molecule has 0 bridgehead atoms. The molecule has 0 spiro atoms. The molecule has 3 rings (SSSR count). The standard InChI is InChI=1S/C19H19N5O2/c1-14-23-21-13-24(14)12-11-20-18(25)15-7-9-16(10-8-15)19(26)22-17-5-3-2-4-6-17/h2-10,13H,11-12H2,1H3,(H,20,25)(H,22,26). The number of benzene rings is 2. The Kier molecular flexibility index (Phi) is 5.38. The van der Waals surface area contributed by atoms with Crippen molar-refractivity contribution >= 4 is 17.5 Å². The Morgan fingerprint density at radius 2 is 1.62 bits per heavy atom. The third-order valence-corrected chi connectivity index (χ3v) is 3.89. The maximum absolute atomic E-state index is 12.2. The molecule has 3 aromatic rings. The Labute approximate surface area is 151 Å². The minimum absolute atomic E-state index is 0.189. The van der Waals surface area contributed by atoms with E-state index < -0.39 is 0 Å². The van der Waals surface area contributed by atoms with Crippen molar-refractivity contribution in [1.29, 1.82) is 0 Å². The molecule has 0 aliphatic rings. The molecule has 7 heteroatoms. The molecular weight excluding hydrogens is 330 g/mol. The minimum atomic E-state index is -0.216. The van der Waals surface area contributed by atoms with Gasteiger partial charge < -0.3 is 15.2 Å². The normalized spacial score (nSPS) is 10.3. The lowest BCUT2D eigenvalue weighted by Crippen LogP contribution is -2.27. The van der Waals surface area contributed by atoms with Crippen LogP contribution >= 0.6 is 0 Å². The van der Waals surface area contributed by atoms with Gasteiger partial charge in [0.05, 0.1) is 0 Å². The molecule has 0 radical (unpaired) electrons. The fraction of sp³-hybridized carbons (Fsp3) is 0.158. The second-order valence-electron chi connectivity index (χ2n) is 5.72. The van der Waals surface area contributed by atoms with E-state index in [9.17, 15) is 9.59 Å². The highest BCUT2D eigenvalue weighted by Crippen LogP contribution is 2.10. The maximum Gasteiger partial charge on any atom is 0.255 e. The van der Waals surface area contributed by atoms with Gasteiger partial charge in [-0.15, -0.1) is 10.2 Å². The van der Waals surface area contributed by atoms with Gasteiger partial charge in [0, 0.05) is 29.9 Å². The molecule has 1 aromatic heterocycles. The predicted molar refractivity (Wildman–Crippen MR) is 97.9 cm³/mol. The molecule has 7 nitrogen and oxygen atoms in total. The lowest BCUT2D eigenvalue weighted by molar-refractivity contribution is 0.0950. The minimum Gasteiger partial charge on any atom is -0.350 e. The van der Waals surface area contributed by atoms with Crippen molar-refractivity contribution in [2.75, 3.05) is 11.9 Å². The van der Waals surface area contributed by atoms with Gasteiger partial charge in [-0.25, -0.2) is 0 Å². The van der Waals surface area contributed by atoms with E-state index >= 15 is 0 Å². The third kappa shape index (κ3) is 4.32. The molecule has 0 unspecified atom stereocenters. The Bertz CT molecular complexity index is 888. The van der Waals surface area contributed by atoms with E-state index in [1.54, 1.807) is 30.6 Å². The Hall–Kier alpha value is -3.48. The van der Waals surface area contributed by atoms with Crippen molar-refractivity contribution in [3.05, 3.63) is 77.9 Å². The zero-order valence-corrected chi connectivity index (χ0v) is 14.3. The van der Waals surface area contributed by atoms with Gasteiger partial charge in [-0.05, 0) is 43.3 Å². The Balaban J connectivity index is 1.54. The van der Waals surface area contributed by atoms with Gasteiger partial charge in [0.15, 0.2) is 0 Å². The molecular formula is C19H19N5O2. The number of para-hydroxylation sites is 1. The number of nitrogens with one attached hydrogen (secondary N) is 2. The molecule has 0 fully saturated rings. The SMILES string of the molecule is Cc1nncn1CCNC(=O)c1ccc(C(=O)Nc2ccccc2)cc1. The molecule has 2 amide bonds. The summed E-state index contributed by atoms with van der Waals surface area (Å²) in [6, 6.07) is 15.8. The molecule has 26 heavy (non-hydrogen) atoms. The number of anilines is 1. The average molecular weight is 349 g/mol. The average Bonchev–Trinajstić information content (AvgIpc) is 3.07. The van der Waals surface area contributed by atoms with Crippen LogP contribution in [-0.4, -0.2) is 33.1 Å². The van der Waals surface area contributed by atoms with Gasteiger partial charge in [0.25, 0.3) is 11.8 Å². The first-order valence-corrected chi connectivity index (χ1v) is 8.22. The van der Waals surface area contributed by atoms with Crippen LogP contribution in [0.2, 0.25) is 0 Å². The lowest BCUT2D eigenvalue weighted by Gasteiger charge is -2.08. The van der Waals surface area contributed by atoms with Gasteiger partial charge in [-0.3, -0.25) is 9.59 Å². The Morgan fingerprint density at radius 1 is 0.962 bits per heavy atom. The summed E-state index contributed by atoms with van der Waals surface area (Å²) in [6.45, 7) is 2.92. The summed E-state index contributed by atoms with van der Waals surface area (Å²) in [5.41, 5.74) is 1.72. The molecule has 2 aromatic carbocycles. The molecule has 132 valence electrons. The van der Waals surface area contributed by atoms with Crippen LogP contribution in [0.4, 0.5) is 5.69 Å². The quantitative estimate of drug-likeness (QED) is 0.714. The maximum atomic E-state index is 12.2. The molecule has 0 aliphatic carbocycles. The third-order valence-electron chi connectivity index (χ3n) is 3.89. The van der Waals surface area contributed by atoms with E-state index in [2.05, 4.69) is 20.8 Å². The number of carbonyl (C=O) groups excluding carboxylic acids is 2. The summed E-state index contributed by atoms with van der Waals surface area (Å²) in [7, 11) is 0. The summed E-state index contributed by atoms with van der Waals surface area (Å²) >= 11 is 0. The summed E-state index contributed by atoms with van der Waals surface area (Å²) in [5.74, 6) is 0.394. The zero-order chi connectivity index (χ0) is 18.4. The van der Waals surface area contributed by atoms with Crippen LogP contribution < -0.4 is 10.6 Å². The van der Waals surface area contributed by atoms with Crippen molar-refractivity contribution in [3.8, 4) is 0 Å². The number of carbonyl (C=O) groups is 2. The largest absolute Gasteiger partial charge is 0.350 e. The van der Waals surface area contributed by atoms with Gasteiger partial charge >= 0.3 is 0 Å². The van der Waals surface area contributed by atoms with Crippen molar-refractivity contribution in [3.63, 3.8) is 0 Å². The van der Waals surface area contributed by atoms with Crippen LogP contribution in [0.1, 0.15) is 26.5 Å². The highest BCUT2D eigenvalue weighted by molar-refractivity contribution is 6.05. The van der Waals surface area contributed by atoms with Gasteiger partial charge in [-0.2, -0.15) is 0 Å². The smallest absolute Gasteiger partial charge is 0.255 e. The predicted octanol–water partition coefficient (Wildman–Crippen LogP) is 2.27. The molecule has 1 heterocycles. The molecule has 0 atom stereocenters. The highest BCUT2D eigenvalue weighted by atomic mass is 16.2. The highest BCUT2D eigenvalue weighted by Gasteiger charge is 2.09. The van der Waals surface area contributed by atoms with E-state index in [1.807, 2.05) is 41.8 Å². The second kappa shape index (κ2) is 8.06. The van der Waals surface area contributed by atoms with E-state index in [-0.39, 0.29) is 11.8 Å². The van der Waals surface area contributed by atoms with Crippen molar-refractivity contribution in [2.24, 2.45) is 0 Å². The number of aryl methyl sites for hydroxylation is 1. The zero-order valence-electron chi connectivity index (χ0n) is 14.3. The van der Waals surface area contributed by atoms with Crippen LogP contribution in [0.5, 0.6) is 0 Å². The van der Waals surface area contributed by atoms with Crippen LogP contribution in [0, 0.1) is 6.92 Å². The van der Waals surface area contributed by atoms with Crippen LogP contribution in [0.25, 0.3) is 0 Å². The summed E-state index contributed by atoms with van der Waals surface area (Å²) < 4.78 is 1.86. The molecule has 0 saturated carbocycles. The molecule has 2 N–H and O–H groups in total. The van der Waals surface area contributed by atoms with Crippen LogP contribution in [0.3, 0.4) is 0 Å². The first kappa shape index (κ1) is 17.3. The number of rotatable bonds is 6.